The molecule has 6 nitrogen and oxygen atoms in total. The van der Waals surface area contributed by atoms with Crippen molar-refractivity contribution in [1.82, 2.24) is 4.98 Å². The van der Waals surface area contributed by atoms with Crippen molar-refractivity contribution < 1.29 is 27.5 Å². The number of thiazole rings is 1. The van der Waals surface area contributed by atoms with Gasteiger partial charge in [0.1, 0.15) is 12.4 Å². The summed E-state index contributed by atoms with van der Waals surface area (Å²) in [5.41, 5.74) is 0.826. The highest BCUT2D eigenvalue weighted by molar-refractivity contribution is 8.00. The Morgan fingerprint density at radius 2 is 1.69 bits per heavy atom. The van der Waals surface area contributed by atoms with Crippen LogP contribution < -0.4 is 14.5 Å². The van der Waals surface area contributed by atoms with Crippen LogP contribution in [0.5, 0.6) is 5.75 Å². The molecule has 12 heteroatoms. The molecule has 4 aromatic rings. The van der Waals surface area contributed by atoms with Crippen LogP contribution in [0.2, 0.25) is 5.02 Å². The van der Waals surface area contributed by atoms with E-state index < -0.39 is 35.4 Å². The molecule has 3 heterocycles. The minimum Gasteiger partial charge on any atom is -0.489 e. The molecule has 0 spiro atoms. The third-order valence-corrected chi connectivity index (χ3v) is 12.5. The summed E-state index contributed by atoms with van der Waals surface area (Å²) < 4.78 is 46.9. The maximum Gasteiger partial charge on any atom is 0.416 e. The minimum absolute atomic E-state index is 0.0519. The fourth-order valence-corrected chi connectivity index (χ4v) is 11.2. The second-order valence-corrected chi connectivity index (χ2v) is 14.6. The number of H-pyrrole nitrogens is 1. The zero-order valence-electron chi connectivity index (χ0n) is 23.3. The molecule has 0 radical (unpaired) electrons. The van der Waals surface area contributed by atoms with Gasteiger partial charge in [-0.3, -0.25) is 19.3 Å². The average molecular weight is 669 g/mol. The Labute approximate surface area is 268 Å². The number of nitrogens with zero attached hydrogens (tertiary/aromatic N) is 1. The number of alkyl halides is 3. The van der Waals surface area contributed by atoms with Crippen LogP contribution in [-0.4, -0.2) is 22.0 Å². The summed E-state index contributed by atoms with van der Waals surface area (Å²) in [4.78, 5) is 45.2. The predicted octanol–water partition coefficient (Wildman–Crippen LogP) is 7.37. The van der Waals surface area contributed by atoms with Gasteiger partial charge in [-0.25, -0.2) is 0 Å². The molecular weight excluding hydrogens is 645 g/mol. The van der Waals surface area contributed by atoms with Crippen LogP contribution in [0.1, 0.15) is 33.9 Å². The number of anilines is 1. The van der Waals surface area contributed by atoms with Gasteiger partial charge in [-0.05, 0) is 66.1 Å². The minimum atomic E-state index is -4.61. The molecule has 8 rings (SSSR count). The van der Waals surface area contributed by atoms with Crippen LogP contribution >= 0.6 is 34.7 Å². The second-order valence-electron chi connectivity index (χ2n) is 12.0. The van der Waals surface area contributed by atoms with E-state index in [4.69, 9.17) is 16.3 Å². The van der Waals surface area contributed by atoms with E-state index in [0.29, 0.717) is 17.2 Å². The molecule has 2 aliphatic heterocycles. The first-order chi connectivity index (χ1) is 21.6. The highest BCUT2D eigenvalue weighted by Crippen LogP contribution is 2.69. The van der Waals surface area contributed by atoms with Gasteiger partial charge in [0.15, 0.2) is 0 Å². The molecule has 6 unspecified atom stereocenters. The third kappa shape index (κ3) is 4.57. The molecule has 1 aromatic heterocycles. The molecule has 3 aromatic carbocycles. The topological polar surface area (TPSA) is 79.5 Å². The second kappa shape index (κ2) is 10.5. The predicted molar refractivity (Wildman–Crippen MR) is 165 cm³/mol. The maximum absolute atomic E-state index is 14.0. The van der Waals surface area contributed by atoms with Crippen molar-refractivity contribution >= 4 is 52.2 Å². The highest BCUT2D eigenvalue weighted by atomic mass is 35.5. The van der Waals surface area contributed by atoms with Crippen LogP contribution in [0.25, 0.3) is 0 Å². The summed E-state index contributed by atoms with van der Waals surface area (Å²) in [5, 5.41) is 1.29. The van der Waals surface area contributed by atoms with Crippen LogP contribution in [0.3, 0.4) is 0 Å². The van der Waals surface area contributed by atoms with Crippen molar-refractivity contribution in [2.24, 2.45) is 29.6 Å². The van der Waals surface area contributed by atoms with Gasteiger partial charge >= 0.3 is 11.0 Å². The Balaban J connectivity index is 1.17. The van der Waals surface area contributed by atoms with Gasteiger partial charge in [0.25, 0.3) is 0 Å². The number of benzene rings is 3. The summed E-state index contributed by atoms with van der Waals surface area (Å²) >= 11 is 8.88. The molecule has 4 aliphatic rings. The molecule has 45 heavy (non-hydrogen) atoms. The number of hydrogen-bond donors (Lipinski definition) is 1. The lowest BCUT2D eigenvalue weighted by atomic mass is 9.68. The van der Waals surface area contributed by atoms with E-state index in [0.717, 1.165) is 49.4 Å². The van der Waals surface area contributed by atoms with Gasteiger partial charge in [0.2, 0.25) is 11.8 Å². The van der Waals surface area contributed by atoms with E-state index in [-0.39, 0.29) is 46.1 Å². The molecule has 1 N–H and O–H groups in total. The Kier molecular flexibility index (Phi) is 6.74. The summed E-state index contributed by atoms with van der Waals surface area (Å²) in [5.74, 6) is -2.21. The standard InChI is InChI=1S/C33H24ClF3N2O4S2/c34-17-7-3-5-15(11-17)14-43-22-10-2-1-9-19(22)23-24-20-13-21(27(24)44-29-28(23)45-32(42)38-29)26-25(20)30(40)39(31(26)41)18-8-4-6-16(12-18)33(35,36)37/h1-12,20-21,23-27H,13-14H2,(H,38,42)/t20?,21?,23-,24?,25?,26?,27?/m1/s1. The lowest BCUT2D eigenvalue weighted by Crippen LogP contribution is -2.42. The number of aromatic amines is 1. The molecule has 2 saturated carbocycles. The molecule has 3 fully saturated rings. The fraction of sp³-hybridized carbons (Fsp3) is 0.303. The first-order valence-corrected chi connectivity index (χ1v) is 16.6. The van der Waals surface area contributed by atoms with E-state index in [1.807, 2.05) is 42.5 Å². The molecule has 7 atom stereocenters. The van der Waals surface area contributed by atoms with Gasteiger partial charge in [-0.1, -0.05) is 59.3 Å². The van der Waals surface area contributed by atoms with Crippen molar-refractivity contribution in [1.29, 1.82) is 0 Å². The van der Waals surface area contributed by atoms with Crippen molar-refractivity contribution in [2.75, 3.05) is 4.90 Å². The number of thioether (sulfide) groups is 1. The zero-order chi connectivity index (χ0) is 31.2. The molecule has 2 bridgehead atoms. The number of carbonyl (C=O) groups excluding carboxylic acids is 2. The van der Waals surface area contributed by atoms with E-state index in [2.05, 4.69) is 4.98 Å². The molecule has 2 aliphatic carbocycles. The Morgan fingerprint density at radius 3 is 2.47 bits per heavy atom. The van der Waals surface area contributed by atoms with Gasteiger partial charge in [-0.2, -0.15) is 13.2 Å². The summed E-state index contributed by atoms with van der Waals surface area (Å²) in [7, 11) is 0. The Bertz CT molecular complexity index is 1930. The van der Waals surface area contributed by atoms with Gasteiger partial charge in [-0.15, -0.1) is 11.8 Å². The van der Waals surface area contributed by atoms with E-state index >= 15 is 0 Å². The van der Waals surface area contributed by atoms with Gasteiger partial charge < -0.3 is 9.72 Å². The van der Waals surface area contributed by atoms with Crippen molar-refractivity contribution in [3.05, 3.63) is 109 Å². The monoisotopic (exact) mass is 668 g/mol. The normalized spacial score (nSPS) is 28.3. The number of fused-ring (bicyclic) bond motifs is 9. The van der Waals surface area contributed by atoms with Crippen molar-refractivity contribution in [2.45, 2.75) is 35.4 Å². The first kappa shape index (κ1) is 28.9. The number of aromatic nitrogens is 1. The number of halogens is 4. The number of amides is 2. The third-order valence-electron chi connectivity index (χ3n) is 9.69. The number of imide groups is 1. The SMILES string of the molecule is O=C1C2C3CC(C2C(=O)N1c1cccc(C(F)(F)F)c1)C1C3Sc2[nH]c(=O)sc2[C@@H]1c1ccccc1OCc1cccc(Cl)c1. The molecule has 1 saturated heterocycles. The number of nitrogens with one attached hydrogen (secondary N) is 1. The maximum atomic E-state index is 14.0. The zero-order valence-corrected chi connectivity index (χ0v) is 25.7. The lowest BCUT2D eigenvalue weighted by molar-refractivity contribution is -0.137. The van der Waals surface area contributed by atoms with E-state index in [1.165, 1.54) is 12.1 Å². The molecule has 230 valence electrons. The Morgan fingerprint density at radius 1 is 0.933 bits per heavy atom. The van der Waals surface area contributed by atoms with Gasteiger partial charge in [0.05, 0.1) is 28.1 Å². The highest BCUT2D eigenvalue weighted by Gasteiger charge is 2.70. The molecular formula is C33H24ClF3N2O4S2. The number of hydrogen-bond acceptors (Lipinski definition) is 6. The summed E-state index contributed by atoms with van der Waals surface area (Å²) in [6.07, 6.45) is -3.95. The fourth-order valence-electron chi connectivity index (χ4n) is 8.10. The van der Waals surface area contributed by atoms with Crippen LogP contribution in [0.4, 0.5) is 18.9 Å². The lowest BCUT2D eigenvalue weighted by Gasteiger charge is -2.43. The first-order valence-electron chi connectivity index (χ1n) is 14.5. The number of carbonyl (C=O) groups is 2. The van der Waals surface area contributed by atoms with Crippen molar-refractivity contribution in [3.63, 3.8) is 0 Å². The smallest absolute Gasteiger partial charge is 0.416 e. The average Bonchev–Trinajstić information content (AvgIpc) is 3.74. The quantitative estimate of drug-likeness (QED) is 0.225. The van der Waals surface area contributed by atoms with E-state index in [1.54, 1.807) is 17.8 Å². The van der Waals surface area contributed by atoms with Crippen LogP contribution in [-0.2, 0) is 22.4 Å². The number of ether oxygens (including phenoxy) is 1. The largest absolute Gasteiger partial charge is 0.489 e. The van der Waals surface area contributed by atoms with Crippen LogP contribution in [0, 0.1) is 29.6 Å². The number of para-hydroxylation sites is 1. The van der Waals surface area contributed by atoms with Crippen molar-refractivity contribution in [3.8, 4) is 5.75 Å². The summed E-state index contributed by atoms with van der Waals surface area (Å²) in [6, 6.07) is 19.5. The number of rotatable bonds is 5. The summed E-state index contributed by atoms with van der Waals surface area (Å²) in [6.45, 7) is 0.277. The Hall–Kier alpha value is -3.54. The molecule has 2 amide bonds. The van der Waals surface area contributed by atoms with Crippen LogP contribution in [0.15, 0.2) is 82.6 Å². The van der Waals surface area contributed by atoms with Gasteiger partial charge in [0, 0.05) is 26.6 Å². The van der Waals surface area contributed by atoms with E-state index in [9.17, 15) is 27.6 Å².